The highest BCUT2D eigenvalue weighted by atomic mass is 14.4. The van der Waals surface area contributed by atoms with Gasteiger partial charge in [-0.25, -0.2) is 0 Å². The SMILES string of the molecule is Cc1ccc(C2c3ccccc3C(C)(C)c3ccccc32)cc1. The van der Waals surface area contributed by atoms with Crippen molar-refractivity contribution in [2.24, 2.45) is 0 Å². The molecule has 3 aromatic carbocycles. The number of rotatable bonds is 1. The van der Waals surface area contributed by atoms with Crippen molar-refractivity contribution in [3.63, 3.8) is 0 Å². The first-order valence-electron chi connectivity index (χ1n) is 8.34. The van der Waals surface area contributed by atoms with E-state index in [9.17, 15) is 0 Å². The van der Waals surface area contributed by atoms with Crippen molar-refractivity contribution in [1.82, 2.24) is 0 Å². The fraction of sp³-hybridized carbons (Fsp3) is 0.217. The average Bonchev–Trinajstić information content (AvgIpc) is 2.57. The first kappa shape index (κ1) is 14.3. The van der Waals surface area contributed by atoms with E-state index < -0.39 is 0 Å². The van der Waals surface area contributed by atoms with Crippen molar-refractivity contribution < 1.29 is 0 Å². The molecule has 0 spiro atoms. The highest BCUT2D eigenvalue weighted by molar-refractivity contribution is 5.59. The molecule has 23 heavy (non-hydrogen) atoms. The van der Waals surface area contributed by atoms with Crippen LogP contribution in [0.2, 0.25) is 0 Å². The van der Waals surface area contributed by atoms with Crippen LogP contribution in [0, 0.1) is 6.92 Å². The van der Waals surface area contributed by atoms with Crippen molar-refractivity contribution in [3.8, 4) is 0 Å². The average molecular weight is 298 g/mol. The van der Waals surface area contributed by atoms with Crippen molar-refractivity contribution in [1.29, 1.82) is 0 Å². The van der Waals surface area contributed by atoms with Crippen LogP contribution >= 0.6 is 0 Å². The Kier molecular flexibility index (Phi) is 3.16. The topological polar surface area (TPSA) is 0 Å². The maximum absolute atomic E-state index is 2.34. The molecule has 3 aromatic rings. The number of hydrogen-bond donors (Lipinski definition) is 0. The lowest BCUT2D eigenvalue weighted by Crippen LogP contribution is -2.29. The number of fused-ring (bicyclic) bond motifs is 2. The van der Waals surface area contributed by atoms with Crippen LogP contribution < -0.4 is 0 Å². The molecule has 114 valence electrons. The van der Waals surface area contributed by atoms with E-state index in [1.807, 2.05) is 0 Å². The Morgan fingerprint density at radius 1 is 0.652 bits per heavy atom. The van der Waals surface area contributed by atoms with Crippen LogP contribution in [0.1, 0.15) is 53.1 Å². The van der Waals surface area contributed by atoms with E-state index in [1.165, 1.54) is 33.4 Å². The van der Waals surface area contributed by atoms with Crippen LogP contribution in [0.5, 0.6) is 0 Å². The normalized spacial score (nSPS) is 15.8. The van der Waals surface area contributed by atoms with E-state index in [0.717, 1.165) is 0 Å². The summed E-state index contributed by atoms with van der Waals surface area (Å²) in [7, 11) is 0. The van der Waals surface area contributed by atoms with Gasteiger partial charge in [0, 0.05) is 11.3 Å². The summed E-state index contributed by atoms with van der Waals surface area (Å²) in [6, 6.07) is 26.9. The monoisotopic (exact) mass is 298 g/mol. The molecule has 0 aliphatic heterocycles. The maximum atomic E-state index is 2.34. The smallest absolute Gasteiger partial charge is 0.0346 e. The summed E-state index contributed by atoms with van der Waals surface area (Å²) >= 11 is 0. The van der Waals surface area contributed by atoms with Crippen LogP contribution in [0.3, 0.4) is 0 Å². The summed E-state index contributed by atoms with van der Waals surface area (Å²) in [6.07, 6.45) is 0. The third kappa shape index (κ3) is 2.13. The molecule has 0 N–H and O–H groups in total. The summed E-state index contributed by atoms with van der Waals surface area (Å²) in [5.74, 6) is 0.330. The lowest BCUT2D eigenvalue weighted by Gasteiger charge is -2.39. The molecular formula is C23H22. The zero-order valence-corrected chi connectivity index (χ0v) is 14.0. The molecule has 1 aliphatic carbocycles. The standard InChI is InChI=1S/C23H22/c1-16-12-14-17(15-13-16)22-18-8-4-6-10-20(18)23(2,3)21-11-7-5-9-19(21)22/h4-15,22H,1-3H3. The molecule has 0 nitrogen and oxygen atoms in total. The molecule has 0 bridgehead atoms. The molecule has 0 amide bonds. The molecule has 0 aromatic heterocycles. The predicted molar refractivity (Wildman–Crippen MR) is 97.1 cm³/mol. The molecule has 0 saturated carbocycles. The largest absolute Gasteiger partial charge is 0.0619 e. The summed E-state index contributed by atoms with van der Waals surface area (Å²) in [6.45, 7) is 6.84. The zero-order valence-electron chi connectivity index (χ0n) is 14.0. The Balaban J connectivity index is 2.02. The van der Waals surface area contributed by atoms with Crippen LogP contribution in [0.25, 0.3) is 0 Å². The first-order chi connectivity index (χ1) is 11.1. The van der Waals surface area contributed by atoms with Gasteiger partial charge in [-0.2, -0.15) is 0 Å². The molecule has 4 rings (SSSR count). The zero-order chi connectivity index (χ0) is 16.0. The van der Waals surface area contributed by atoms with Crippen molar-refractivity contribution in [2.75, 3.05) is 0 Å². The Morgan fingerprint density at radius 3 is 1.65 bits per heavy atom. The number of benzene rings is 3. The van der Waals surface area contributed by atoms with Gasteiger partial charge in [0.25, 0.3) is 0 Å². The van der Waals surface area contributed by atoms with Crippen LogP contribution in [0.4, 0.5) is 0 Å². The first-order valence-corrected chi connectivity index (χ1v) is 8.34. The van der Waals surface area contributed by atoms with Gasteiger partial charge in [0.1, 0.15) is 0 Å². The van der Waals surface area contributed by atoms with Gasteiger partial charge >= 0.3 is 0 Å². The van der Waals surface area contributed by atoms with Gasteiger partial charge in [0.15, 0.2) is 0 Å². The van der Waals surface area contributed by atoms with Crippen LogP contribution in [-0.2, 0) is 5.41 Å². The highest BCUT2D eigenvalue weighted by Gasteiger charge is 2.37. The second-order valence-corrected chi connectivity index (χ2v) is 7.14. The van der Waals surface area contributed by atoms with Gasteiger partial charge in [-0.05, 0) is 34.7 Å². The second kappa shape index (κ2) is 5.09. The fourth-order valence-corrected chi connectivity index (χ4v) is 4.07. The molecule has 1 aliphatic rings. The molecule has 0 unspecified atom stereocenters. The number of hydrogen-bond acceptors (Lipinski definition) is 0. The van der Waals surface area contributed by atoms with Crippen LogP contribution in [-0.4, -0.2) is 0 Å². The van der Waals surface area contributed by atoms with E-state index >= 15 is 0 Å². The van der Waals surface area contributed by atoms with Gasteiger partial charge in [-0.3, -0.25) is 0 Å². The van der Waals surface area contributed by atoms with Crippen LogP contribution in [0.15, 0.2) is 72.8 Å². The van der Waals surface area contributed by atoms with E-state index in [0.29, 0.717) is 5.92 Å². The van der Waals surface area contributed by atoms with Gasteiger partial charge in [-0.15, -0.1) is 0 Å². The Hall–Kier alpha value is -2.34. The Morgan fingerprint density at radius 2 is 1.13 bits per heavy atom. The van der Waals surface area contributed by atoms with Gasteiger partial charge in [0.05, 0.1) is 0 Å². The summed E-state index contributed by atoms with van der Waals surface area (Å²) in [5.41, 5.74) is 8.53. The quantitative estimate of drug-likeness (QED) is 0.531. The Labute approximate surface area is 138 Å². The minimum absolute atomic E-state index is 0.0500. The van der Waals surface area contributed by atoms with Crippen molar-refractivity contribution >= 4 is 0 Å². The fourth-order valence-electron chi connectivity index (χ4n) is 4.07. The summed E-state index contributed by atoms with van der Waals surface area (Å²) in [5, 5.41) is 0. The lowest BCUT2D eigenvalue weighted by molar-refractivity contribution is 0.597. The van der Waals surface area contributed by atoms with E-state index in [2.05, 4.69) is 93.6 Å². The predicted octanol–water partition coefficient (Wildman–Crippen LogP) is 5.81. The van der Waals surface area contributed by atoms with Gasteiger partial charge in [0.2, 0.25) is 0 Å². The number of aryl methyl sites for hydroxylation is 1. The maximum Gasteiger partial charge on any atom is 0.0346 e. The lowest BCUT2D eigenvalue weighted by atomic mass is 9.64. The highest BCUT2D eigenvalue weighted by Crippen LogP contribution is 2.48. The summed E-state index contributed by atoms with van der Waals surface area (Å²) in [4.78, 5) is 0. The third-order valence-corrected chi connectivity index (χ3v) is 5.30. The summed E-state index contributed by atoms with van der Waals surface area (Å²) < 4.78 is 0. The molecule has 0 saturated heterocycles. The minimum Gasteiger partial charge on any atom is -0.0619 e. The molecule has 0 fully saturated rings. The van der Waals surface area contributed by atoms with Crippen molar-refractivity contribution in [3.05, 3.63) is 106 Å². The molecular weight excluding hydrogens is 276 g/mol. The van der Waals surface area contributed by atoms with Crippen molar-refractivity contribution in [2.45, 2.75) is 32.1 Å². The molecule has 0 radical (unpaired) electrons. The van der Waals surface area contributed by atoms with Gasteiger partial charge < -0.3 is 0 Å². The van der Waals surface area contributed by atoms with Gasteiger partial charge in [-0.1, -0.05) is 92.2 Å². The van der Waals surface area contributed by atoms with E-state index in [4.69, 9.17) is 0 Å². The Bertz CT molecular complexity index is 804. The molecule has 0 heterocycles. The third-order valence-electron chi connectivity index (χ3n) is 5.30. The van der Waals surface area contributed by atoms with E-state index in [-0.39, 0.29) is 5.41 Å². The second-order valence-electron chi connectivity index (χ2n) is 7.14. The molecule has 0 heteroatoms. The molecule has 0 atom stereocenters. The van der Waals surface area contributed by atoms with E-state index in [1.54, 1.807) is 0 Å². The minimum atomic E-state index is 0.0500.